The maximum atomic E-state index is 5.89. The third-order valence-electron chi connectivity index (χ3n) is 2.39. The molecule has 1 heterocycles. The van der Waals surface area contributed by atoms with E-state index in [2.05, 4.69) is 29.1 Å². The van der Waals surface area contributed by atoms with Gasteiger partial charge in [0.05, 0.1) is 0 Å². The van der Waals surface area contributed by atoms with Crippen LogP contribution in [0.1, 0.15) is 33.0 Å². The molecule has 0 fully saturated rings. The fourth-order valence-electron chi connectivity index (χ4n) is 1.14. The van der Waals surface area contributed by atoms with Gasteiger partial charge in [-0.2, -0.15) is 0 Å². The largest absolute Gasteiger partial charge is 0.370 e. The highest BCUT2D eigenvalue weighted by molar-refractivity contribution is 6.29. The van der Waals surface area contributed by atoms with Crippen LogP contribution in [0, 0.1) is 5.92 Å². The van der Waals surface area contributed by atoms with Crippen LogP contribution in [0.2, 0.25) is 5.15 Å². The van der Waals surface area contributed by atoms with Gasteiger partial charge >= 0.3 is 0 Å². The second-order valence-electron chi connectivity index (χ2n) is 3.74. The number of rotatable bonds is 5. The molecule has 0 radical (unpaired) electrons. The summed E-state index contributed by atoms with van der Waals surface area (Å²) in [6.45, 7) is 7.32. The van der Waals surface area contributed by atoms with Crippen molar-refractivity contribution in [1.82, 2.24) is 9.97 Å². The first-order valence-electron chi connectivity index (χ1n) is 5.43. The Labute approximate surface area is 96.3 Å². The normalized spacial score (nSPS) is 12.5. The third-order valence-corrected chi connectivity index (χ3v) is 2.58. The molecule has 1 N–H and O–H groups in total. The van der Waals surface area contributed by atoms with Crippen LogP contribution in [0.15, 0.2) is 6.07 Å². The van der Waals surface area contributed by atoms with Crippen molar-refractivity contribution in [3.63, 3.8) is 0 Å². The Bertz CT molecular complexity index is 315. The molecule has 0 aliphatic heterocycles. The van der Waals surface area contributed by atoms with E-state index in [9.17, 15) is 0 Å². The van der Waals surface area contributed by atoms with Gasteiger partial charge in [0.1, 0.15) is 16.8 Å². The van der Waals surface area contributed by atoms with E-state index in [4.69, 9.17) is 11.6 Å². The molecule has 0 aromatic carbocycles. The molecule has 1 atom stereocenters. The van der Waals surface area contributed by atoms with Crippen LogP contribution in [0.4, 0.5) is 5.82 Å². The molecular formula is C11H18ClN3. The molecule has 15 heavy (non-hydrogen) atoms. The van der Waals surface area contributed by atoms with Gasteiger partial charge in [-0.15, -0.1) is 0 Å². The standard InChI is InChI=1S/C11H18ClN3/c1-4-8(3)7-13-11-6-9(12)14-10(5-2)15-11/h6,8H,4-5,7H2,1-3H3,(H,13,14,15). The fourth-order valence-corrected chi connectivity index (χ4v) is 1.34. The summed E-state index contributed by atoms with van der Waals surface area (Å²) in [5.74, 6) is 2.25. The van der Waals surface area contributed by atoms with Gasteiger partial charge in [-0.3, -0.25) is 0 Å². The number of nitrogens with one attached hydrogen (secondary N) is 1. The Morgan fingerprint density at radius 2 is 2.13 bits per heavy atom. The van der Waals surface area contributed by atoms with Crippen LogP contribution in [-0.4, -0.2) is 16.5 Å². The molecule has 0 amide bonds. The zero-order chi connectivity index (χ0) is 11.3. The number of nitrogens with zero attached hydrogens (tertiary/aromatic N) is 2. The Hall–Kier alpha value is -0.830. The summed E-state index contributed by atoms with van der Waals surface area (Å²) in [5.41, 5.74) is 0. The van der Waals surface area contributed by atoms with Gasteiger partial charge in [0.15, 0.2) is 0 Å². The minimum absolute atomic E-state index is 0.508. The van der Waals surface area contributed by atoms with Crippen LogP contribution in [0.5, 0.6) is 0 Å². The molecule has 1 rings (SSSR count). The van der Waals surface area contributed by atoms with Gasteiger partial charge in [-0.25, -0.2) is 9.97 Å². The van der Waals surface area contributed by atoms with Gasteiger partial charge in [-0.1, -0.05) is 38.8 Å². The van der Waals surface area contributed by atoms with E-state index in [1.165, 1.54) is 0 Å². The van der Waals surface area contributed by atoms with Crippen molar-refractivity contribution in [3.8, 4) is 0 Å². The van der Waals surface area contributed by atoms with Crippen molar-refractivity contribution in [1.29, 1.82) is 0 Å². The van der Waals surface area contributed by atoms with Gasteiger partial charge in [-0.05, 0) is 5.92 Å². The van der Waals surface area contributed by atoms with E-state index >= 15 is 0 Å². The maximum Gasteiger partial charge on any atom is 0.134 e. The van der Waals surface area contributed by atoms with Crippen molar-refractivity contribution in [2.75, 3.05) is 11.9 Å². The minimum Gasteiger partial charge on any atom is -0.370 e. The Morgan fingerprint density at radius 1 is 1.40 bits per heavy atom. The summed E-state index contributed by atoms with van der Waals surface area (Å²) in [7, 11) is 0. The molecular weight excluding hydrogens is 210 g/mol. The SMILES string of the molecule is CCc1nc(Cl)cc(NCC(C)CC)n1. The van der Waals surface area contributed by atoms with E-state index in [1.807, 2.05) is 6.92 Å². The lowest BCUT2D eigenvalue weighted by Gasteiger charge is -2.11. The minimum atomic E-state index is 0.508. The van der Waals surface area contributed by atoms with Crippen molar-refractivity contribution in [2.24, 2.45) is 5.92 Å². The van der Waals surface area contributed by atoms with E-state index in [0.717, 1.165) is 31.0 Å². The van der Waals surface area contributed by atoms with Crippen LogP contribution in [0.3, 0.4) is 0 Å². The quantitative estimate of drug-likeness (QED) is 0.786. The number of hydrogen-bond acceptors (Lipinski definition) is 3. The first-order valence-corrected chi connectivity index (χ1v) is 5.80. The Morgan fingerprint density at radius 3 is 2.73 bits per heavy atom. The lowest BCUT2D eigenvalue weighted by atomic mass is 10.1. The number of hydrogen-bond donors (Lipinski definition) is 1. The van der Waals surface area contributed by atoms with E-state index < -0.39 is 0 Å². The summed E-state index contributed by atoms with van der Waals surface area (Å²) in [6, 6.07) is 1.77. The molecule has 3 nitrogen and oxygen atoms in total. The van der Waals surface area contributed by atoms with Crippen LogP contribution < -0.4 is 5.32 Å². The van der Waals surface area contributed by atoms with E-state index in [1.54, 1.807) is 6.07 Å². The Balaban J connectivity index is 2.64. The van der Waals surface area contributed by atoms with Crippen molar-refractivity contribution in [3.05, 3.63) is 17.0 Å². The second-order valence-corrected chi connectivity index (χ2v) is 4.13. The summed E-state index contributed by atoms with van der Waals surface area (Å²) in [4.78, 5) is 8.47. The molecule has 1 aromatic heterocycles. The summed E-state index contributed by atoms with van der Waals surface area (Å²) in [5, 5.41) is 3.78. The lowest BCUT2D eigenvalue weighted by Crippen LogP contribution is -2.12. The predicted octanol–water partition coefficient (Wildman–Crippen LogP) is 3.15. The van der Waals surface area contributed by atoms with Crippen molar-refractivity contribution < 1.29 is 0 Å². The third kappa shape index (κ3) is 4.04. The monoisotopic (exact) mass is 227 g/mol. The molecule has 0 bridgehead atoms. The van der Waals surface area contributed by atoms with Gasteiger partial charge in [0, 0.05) is 19.0 Å². The number of halogens is 1. The molecule has 1 unspecified atom stereocenters. The van der Waals surface area contributed by atoms with E-state index in [0.29, 0.717) is 11.1 Å². The first kappa shape index (κ1) is 12.2. The van der Waals surface area contributed by atoms with Crippen molar-refractivity contribution >= 4 is 17.4 Å². The van der Waals surface area contributed by atoms with Gasteiger partial charge in [0.2, 0.25) is 0 Å². The highest BCUT2D eigenvalue weighted by Crippen LogP contribution is 2.12. The average Bonchev–Trinajstić information content (AvgIpc) is 2.25. The van der Waals surface area contributed by atoms with E-state index in [-0.39, 0.29) is 0 Å². The molecule has 84 valence electrons. The zero-order valence-corrected chi connectivity index (χ0v) is 10.3. The van der Waals surface area contributed by atoms with Crippen LogP contribution in [-0.2, 0) is 6.42 Å². The Kier molecular flexibility index (Phi) is 4.82. The highest BCUT2D eigenvalue weighted by atomic mass is 35.5. The lowest BCUT2D eigenvalue weighted by molar-refractivity contribution is 0.592. The average molecular weight is 228 g/mol. The molecule has 0 aliphatic rings. The smallest absolute Gasteiger partial charge is 0.134 e. The molecule has 0 saturated carbocycles. The van der Waals surface area contributed by atoms with Crippen molar-refractivity contribution in [2.45, 2.75) is 33.6 Å². The fraction of sp³-hybridized carbons (Fsp3) is 0.636. The second kappa shape index (κ2) is 5.91. The van der Waals surface area contributed by atoms with Gasteiger partial charge in [0.25, 0.3) is 0 Å². The summed E-state index contributed by atoms with van der Waals surface area (Å²) in [6.07, 6.45) is 1.96. The van der Waals surface area contributed by atoms with Crippen LogP contribution >= 0.6 is 11.6 Å². The predicted molar refractivity (Wildman–Crippen MR) is 64.4 cm³/mol. The molecule has 0 saturated heterocycles. The highest BCUT2D eigenvalue weighted by Gasteiger charge is 2.03. The molecule has 0 spiro atoms. The number of anilines is 1. The molecule has 0 aliphatic carbocycles. The van der Waals surface area contributed by atoms with Crippen LogP contribution in [0.25, 0.3) is 0 Å². The maximum absolute atomic E-state index is 5.89. The van der Waals surface area contributed by atoms with Gasteiger partial charge < -0.3 is 5.32 Å². The summed E-state index contributed by atoms with van der Waals surface area (Å²) < 4.78 is 0. The summed E-state index contributed by atoms with van der Waals surface area (Å²) >= 11 is 5.89. The molecule has 4 heteroatoms. The number of aromatic nitrogens is 2. The number of aryl methyl sites for hydroxylation is 1. The zero-order valence-electron chi connectivity index (χ0n) is 9.55. The molecule has 1 aromatic rings. The topological polar surface area (TPSA) is 37.8 Å². The first-order chi connectivity index (χ1) is 7.15.